The van der Waals surface area contributed by atoms with Crippen molar-refractivity contribution < 1.29 is 9.50 Å². The lowest BCUT2D eigenvalue weighted by Crippen LogP contribution is -2.44. The highest BCUT2D eigenvalue weighted by molar-refractivity contribution is 5.60. The van der Waals surface area contributed by atoms with Crippen molar-refractivity contribution in [2.24, 2.45) is 0 Å². The van der Waals surface area contributed by atoms with E-state index in [2.05, 4.69) is 32.3 Å². The number of aliphatic hydroxyl groups is 1. The van der Waals surface area contributed by atoms with Gasteiger partial charge in [-0.1, -0.05) is 42.5 Å². The van der Waals surface area contributed by atoms with Crippen LogP contribution in [0.25, 0.3) is 17.0 Å². The molecule has 0 bridgehead atoms. The Bertz CT molecular complexity index is 1230. The molecule has 5 rings (SSSR count). The summed E-state index contributed by atoms with van der Waals surface area (Å²) in [6.07, 6.45) is 0.694. The summed E-state index contributed by atoms with van der Waals surface area (Å²) < 4.78 is 15.8. The summed E-state index contributed by atoms with van der Waals surface area (Å²) in [6.45, 7) is 2.70. The highest BCUT2D eigenvalue weighted by atomic mass is 19.1. The van der Waals surface area contributed by atoms with Gasteiger partial charge in [0.05, 0.1) is 11.2 Å². The number of hydrogen-bond donors (Lipinski definition) is 1. The lowest BCUT2D eigenvalue weighted by molar-refractivity contribution is 0.0560. The Morgan fingerprint density at radius 1 is 1.03 bits per heavy atom. The van der Waals surface area contributed by atoms with E-state index in [1.54, 1.807) is 28.8 Å². The Morgan fingerprint density at radius 2 is 1.81 bits per heavy atom. The average molecular weight is 433 g/mol. The molecule has 8 heteroatoms. The van der Waals surface area contributed by atoms with Crippen LogP contribution in [-0.4, -0.2) is 62.1 Å². The molecule has 1 aliphatic rings. The van der Waals surface area contributed by atoms with Crippen LogP contribution in [0.5, 0.6) is 0 Å². The van der Waals surface area contributed by atoms with Gasteiger partial charge >= 0.3 is 0 Å². The standard InChI is InChI=1S/C24H25FN6O/c1-29(16-24(32)13-14-30(17-24)15-18-7-3-2-4-8-18)22-12-11-21-26-27-23(31(21)28-22)19-9-5-6-10-20(19)25/h2-12,32H,13-17H2,1H3. The molecular formula is C24H25FN6O. The number of β-amino-alcohol motifs (C(OH)–C–C–N with tert-alkyl or cyclic N) is 1. The first-order valence-corrected chi connectivity index (χ1v) is 10.7. The molecule has 164 valence electrons. The monoisotopic (exact) mass is 432 g/mol. The molecule has 4 aromatic rings. The molecule has 0 saturated carbocycles. The van der Waals surface area contributed by atoms with Crippen molar-refractivity contribution in [2.75, 3.05) is 31.6 Å². The van der Waals surface area contributed by atoms with Crippen LogP contribution >= 0.6 is 0 Å². The van der Waals surface area contributed by atoms with Gasteiger partial charge in [0.15, 0.2) is 11.5 Å². The Kier molecular flexibility index (Phi) is 5.32. The Hall–Kier alpha value is -3.36. The second kappa shape index (κ2) is 8.29. The smallest absolute Gasteiger partial charge is 0.188 e. The lowest BCUT2D eigenvalue weighted by atomic mass is 10.0. The first-order chi connectivity index (χ1) is 15.5. The molecule has 2 aromatic carbocycles. The highest BCUT2D eigenvalue weighted by Gasteiger charge is 2.37. The van der Waals surface area contributed by atoms with Crippen molar-refractivity contribution >= 4 is 11.5 Å². The molecular weight excluding hydrogens is 407 g/mol. The zero-order chi connectivity index (χ0) is 22.1. The van der Waals surface area contributed by atoms with Crippen molar-refractivity contribution in [3.8, 4) is 11.4 Å². The summed E-state index contributed by atoms with van der Waals surface area (Å²) in [5, 5.41) is 24.1. The number of anilines is 1. The van der Waals surface area contributed by atoms with E-state index in [1.807, 2.05) is 36.2 Å². The van der Waals surface area contributed by atoms with Crippen LogP contribution in [0.15, 0.2) is 66.7 Å². The third-order valence-electron chi connectivity index (χ3n) is 5.95. The maximum Gasteiger partial charge on any atom is 0.188 e. The summed E-state index contributed by atoms with van der Waals surface area (Å²) in [4.78, 5) is 4.20. The van der Waals surface area contributed by atoms with Crippen LogP contribution < -0.4 is 4.90 Å². The molecule has 3 heterocycles. The topological polar surface area (TPSA) is 69.8 Å². The molecule has 0 radical (unpaired) electrons. The number of likely N-dealkylation sites (tertiary alicyclic amines) is 1. The van der Waals surface area contributed by atoms with Crippen LogP contribution in [0.4, 0.5) is 10.2 Å². The molecule has 0 spiro atoms. The van der Waals surface area contributed by atoms with Crippen molar-refractivity contribution in [3.63, 3.8) is 0 Å². The second-order valence-corrected chi connectivity index (χ2v) is 8.49. The predicted molar refractivity (Wildman–Crippen MR) is 121 cm³/mol. The maximum absolute atomic E-state index is 14.3. The third kappa shape index (κ3) is 4.06. The first-order valence-electron chi connectivity index (χ1n) is 10.7. The van der Waals surface area contributed by atoms with Crippen molar-refractivity contribution in [2.45, 2.75) is 18.6 Å². The minimum Gasteiger partial charge on any atom is -0.387 e. The molecule has 1 fully saturated rings. The van der Waals surface area contributed by atoms with Gasteiger partial charge in [0.1, 0.15) is 11.6 Å². The van der Waals surface area contributed by atoms with Gasteiger partial charge in [-0.2, -0.15) is 4.52 Å². The number of rotatable bonds is 6. The van der Waals surface area contributed by atoms with Gasteiger partial charge in [-0.05, 0) is 36.2 Å². The summed E-state index contributed by atoms with van der Waals surface area (Å²) in [7, 11) is 1.90. The predicted octanol–water partition coefficient (Wildman–Crippen LogP) is 3.00. The molecule has 1 N–H and O–H groups in total. The lowest BCUT2D eigenvalue weighted by Gasteiger charge is -2.29. The van der Waals surface area contributed by atoms with E-state index in [9.17, 15) is 9.50 Å². The summed E-state index contributed by atoms with van der Waals surface area (Å²) >= 11 is 0. The van der Waals surface area contributed by atoms with Gasteiger partial charge in [0.2, 0.25) is 0 Å². The molecule has 1 atom stereocenters. The van der Waals surface area contributed by atoms with Crippen LogP contribution in [-0.2, 0) is 6.54 Å². The molecule has 1 unspecified atom stereocenters. The van der Waals surface area contributed by atoms with E-state index in [-0.39, 0.29) is 5.82 Å². The van der Waals surface area contributed by atoms with Gasteiger partial charge in [0.25, 0.3) is 0 Å². The SMILES string of the molecule is CN(CC1(O)CCN(Cc2ccccc2)C1)c1ccc2nnc(-c3ccccc3F)n2n1. The number of hydrogen-bond acceptors (Lipinski definition) is 6. The van der Waals surface area contributed by atoms with E-state index >= 15 is 0 Å². The fourth-order valence-electron chi connectivity index (χ4n) is 4.36. The second-order valence-electron chi connectivity index (χ2n) is 8.49. The first kappa shape index (κ1) is 20.5. The Labute approximate surface area is 185 Å². The summed E-state index contributed by atoms with van der Waals surface area (Å²) in [5.74, 6) is 0.632. The van der Waals surface area contributed by atoms with E-state index in [0.29, 0.717) is 42.4 Å². The van der Waals surface area contributed by atoms with E-state index < -0.39 is 5.60 Å². The quantitative estimate of drug-likeness (QED) is 0.505. The maximum atomic E-state index is 14.3. The molecule has 32 heavy (non-hydrogen) atoms. The number of fused-ring (bicyclic) bond motifs is 1. The van der Waals surface area contributed by atoms with Crippen LogP contribution in [0.1, 0.15) is 12.0 Å². The minimum atomic E-state index is -0.832. The minimum absolute atomic E-state index is 0.346. The fourth-order valence-corrected chi connectivity index (χ4v) is 4.36. The normalized spacial score (nSPS) is 19.0. The van der Waals surface area contributed by atoms with Crippen LogP contribution in [0, 0.1) is 5.82 Å². The number of aromatic nitrogens is 4. The molecule has 1 aliphatic heterocycles. The molecule has 1 saturated heterocycles. The van der Waals surface area contributed by atoms with Crippen LogP contribution in [0.3, 0.4) is 0 Å². The summed E-state index contributed by atoms with van der Waals surface area (Å²) in [6, 6.07) is 20.4. The highest BCUT2D eigenvalue weighted by Crippen LogP contribution is 2.26. The summed E-state index contributed by atoms with van der Waals surface area (Å²) in [5.41, 5.74) is 1.29. The Morgan fingerprint density at radius 3 is 2.62 bits per heavy atom. The molecule has 2 aromatic heterocycles. The van der Waals surface area contributed by atoms with Gasteiger partial charge in [-0.15, -0.1) is 15.3 Å². The van der Waals surface area contributed by atoms with E-state index in [1.165, 1.54) is 11.6 Å². The largest absolute Gasteiger partial charge is 0.387 e. The zero-order valence-corrected chi connectivity index (χ0v) is 17.9. The van der Waals surface area contributed by atoms with Gasteiger partial charge < -0.3 is 10.0 Å². The van der Waals surface area contributed by atoms with E-state index in [4.69, 9.17) is 0 Å². The Balaban J connectivity index is 1.33. The molecule has 0 amide bonds. The fraction of sp³-hybridized carbons (Fsp3) is 0.292. The van der Waals surface area contributed by atoms with Gasteiger partial charge in [-0.25, -0.2) is 4.39 Å². The number of halogens is 1. The number of nitrogens with zero attached hydrogens (tertiary/aromatic N) is 6. The average Bonchev–Trinajstić information content (AvgIpc) is 3.37. The van der Waals surface area contributed by atoms with E-state index in [0.717, 1.165) is 13.1 Å². The third-order valence-corrected chi connectivity index (χ3v) is 5.95. The van der Waals surface area contributed by atoms with Gasteiger partial charge in [-0.3, -0.25) is 4.90 Å². The molecule has 7 nitrogen and oxygen atoms in total. The number of likely N-dealkylation sites (N-methyl/N-ethyl adjacent to an activating group) is 1. The molecule has 0 aliphatic carbocycles. The van der Waals surface area contributed by atoms with Crippen LogP contribution in [0.2, 0.25) is 0 Å². The zero-order valence-electron chi connectivity index (χ0n) is 17.9. The van der Waals surface area contributed by atoms with Crippen molar-refractivity contribution in [3.05, 3.63) is 78.1 Å². The van der Waals surface area contributed by atoms with Crippen molar-refractivity contribution in [1.29, 1.82) is 0 Å². The van der Waals surface area contributed by atoms with Crippen molar-refractivity contribution in [1.82, 2.24) is 24.7 Å². The number of benzene rings is 2. The van der Waals surface area contributed by atoms with Gasteiger partial charge in [0, 0.05) is 33.2 Å².